The molecule has 26 heavy (non-hydrogen) atoms. The average molecular weight is 355 g/mol. The molecule has 0 atom stereocenters. The van der Waals surface area contributed by atoms with Gasteiger partial charge in [-0.25, -0.2) is 9.48 Å². The first-order valence-electron chi connectivity index (χ1n) is 9.44. The number of likely N-dealkylation sites (tertiary alicyclic amines) is 1. The molecule has 0 spiro atoms. The van der Waals surface area contributed by atoms with Crippen molar-refractivity contribution in [2.24, 2.45) is 0 Å². The maximum absolute atomic E-state index is 12.5. The van der Waals surface area contributed by atoms with Crippen LogP contribution in [0.4, 0.5) is 10.5 Å². The molecule has 1 aromatic heterocycles. The van der Waals surface area contributed by atoms with Gasteiger partial charge in [0.05, 0.1) is 11.7 Å². The lowest BCUT2D eigenvalue weighted by atomic mass is 9.93. The highest BCUT2D eigenvalue weighted by atomic mass is 16.2. The van der Waals surface area contributed by atoms with E-state index in [9.17, 15) is 4.79 Å². The second kappa shape index (κ2) is 7.48. The van der Waals surface area contributed by atoms with E-state index in [1.54, 1.807) is 0 Å². The Balaban J connectivity index is 1.54. The third-order valence-corrected chi connectivity index (χ3v) is 5.02. The van der Waals surface area contributed by atoms with Gasteiger partial charge in [-0.15, -0.1) is 5.10 Å². The second-order valence-corrected chi connectivity index (χ2v) is 8.03. The number of amides is 2. The summed E-state index contributed by atoms with van der Waals surface area (Å²) in [6, 6.07) is 8.33. The third-order valence-electron chi connectivity index (χ3n) is 5.02. The van der Waals surface area contributed by atoms with Gasteiger partial charge in [0.25, 0.3) is 0 Å². The van der Waals surface area contributed by atoms with Crippen LogP contribution in [0.1, 0.15) is 57.8 Å². The molecule has 1 N–H and O–H groups in total. The largest absolute Gasteiger partial charge is 0.324 e. The predicted octanol–water partition coefficient (Wildman–Crippen LogP) is 4.01. The number of nitrogens with zero attached hydrogens (tertiary/aromatic N) is 4. The zero-order valence-electron chi connectivity index (χ0n) is 16.2. The summed E-state index contributed by atoms with van der Waals surface area (Å²) in [5.74, 6) is 0. The zero-order valence-corrected chi connectivity index (χ0v) is 16.2. The van der Waals surface area contributed by atoms with Crippen LogP contribution in [-0.4, -0.2) is 39.0 Å². The summed E-state index contributed by atoms with van der Waals surface area (Å²) in [5.41, 5.74) is 3.13. The van der Waals surface area contributed by atoms with Gasteiger partial charge in [-0.1, -0.05) is 45.0 Å². The smallest absolute Gasteiger partial charge is 0.321 e. The van der Waals surface area contributed by atoms with Gasteiger partial charge in [0, 0.05) is 30.4 Å². The maximum atomic E-state index is 12.5. The maximum Gasteiger partial charge on any atom is 0.321 e. The molecule has 6 heteroatoms. The third kappa shape index (κ3) is 4.23. The number of urea groups is 1. The molecule has 2 amide bonds. The minimum absolute atomic E-state index is 0.00611. The number of carbonyl (C=O) groups excluding carboxylic acids is 1. The number of hydrogen-bond acceptors (Lipinski definition) is 3. The average Bonchev–Trinajstić information content (AvgIpc) is 3.13. The lowest BCUT2D eigenvalue weighted by molar-refractivity contribution is 0.179. The van der Waals surface area contributed by atoms with Crippen molar-refractivity contribution in [3.63, 3.8) is 0 Å². The number of hydrogen-bond donors (Lipinski definition) is 1. The van der Waals surface area contributed by atoms with Crippen molar-refractivity contribution in [2.45, 2.75) is 58.4 Å². The van der Waals surface area contributed by atoms with Crippen LogP contribution in [0, 0.1) is 0 Å². The lowest BCUT2D eigenvalue weighted by Gasteiger charge is -2.31. The molecule has 1 aliphatic heterocycles. The lowest BCUT2D eigenvalue weighted by Crippen LogP contribution is -2.41. The van der Waals surface area contributed by atoms with Crippen LogP contribution in [0.5, 0.6) is 0 Å². The minimum atomic E-state index is -0.0262. The molecule has 0 bridgehead atoms. The van der Waals surface area contributed by atoms with E-state index in [2.05, 4.69) is 61.7 Å². The molecule has 2 aromatic rings. The van der Waals surface area contributed by atoms with E-state index in [-0.39, 0.29) is 11.4 Å². The van der Waals surface area contributed by atoms with Gasteiger partial charge >= 0.3 is 6.03 Å². The van der Waals surface area contributed by atoms with Crippen molar-refractivity contribution in [3.8, 4) is 0 Å². The number of carbonyl (C=O) groups is 1. The van der Waals surface area contributed by atoms with Crippen LogP contribution in [0.2, 0.25) is 0 Å². The van der Waals surface area contributed by atoms with E-state index in [4.69, 9.17) is 0 Å². The first kappa shape index (κ1) is 18.4. The fourth-order valence-electron chi connectivity index (χ4n) is 3.16. The van der Waals surface area contributed by atoms with E-state index in [1.807, 2.05) is 21.7 Å². The monoisotopic (exact) mass is 355 g/mol. The molecule has 140 valence electrons. The molecule has 0 aliphatic carbocycles. The Morgan fingerprint density at radius 3 is 2.38 bits per heavy atom. The fourth-order valence-corrected chi connectivity index (χ4v) is 3.16. The van der Waals surface area contributed by atoms with Crippen LogP contribution in [0.25, 0.3) is 0 Å². The minimum Gasteiger partial charge on any atom is -0.324 e. The SMILES string of the molecule is CCc1ccc(NC(=O)N2CCC(n3cc(C(C)(C)C)nn3)CC2)cc1. The van der Waals surface area contributed by atoms with Crippen molar-refractivity contribution in [1.82, 2.24) is 19.9 Å². The normalized spacial score (nSPS) is 15.9. The van der Waals surface area contributed by atoms with Crippen LogP contribution in [0.15, 0.2) is 30.5 Å². The molecule has 0 unspecified atom stereocenters. The standard InChI is InChI=1S/C20H29N5O/c1-5-15-6-8-16(9-7-15)21-19(26)24-12-10-17(11-13-24)25-14-18(22-23-25)20(2,3)4/h6-9,14,17H,5,10-13H2,1-4H3,(H,21,26). The number of piperidine rings is 1. The van der Waals surface area contributed by atoms with Crippen molar-refractivity contribution in [3.05, 3.63) is 41.7 Å². The predicted molar refractivity (Wildman–Crippen MR) is 103 cm³/mol. The number of benzene rings is 1. The molecule has 2 heterocycles. The van der Waals surface area contributed by atoms with Crippen LogP contribution < -0.4 is 5.32 Å². The fraction of sp³-hybridized carbons (Fsp3) is 0.550. The van der Waals surface area contributed by atoms with Crippen molar-refractivity contribution in [1.29, 1.82) is 0 Å². The summed E-state index contributed by atoms with van der Waals surface area (Å²) in [5, 5.41) is 11.6. The molecule has 0 saturated carbocycles. The number of anilines is 1. The Labute approximate surface area is 155 Å². The summed E-state index contributed by atoms with van der Waals surface area (Å²) in [4.78, 5) is 14.4. The van der Waals surface area contributed by atoms with Gasteiger partial charge in [0.15, 0.2) is 0 Å². The first-order chi connectivity index (χ1) is 12.4. The van der Waals surface area contributed by atoms with Gasteiger partial charge in [-0.05, 0) is 37.0 Å². The molecule has 1 fully saturated rings. The summed E-state index contributed by atoms with van der Waals surface area (Å²) >= 11 is 0. The summed E-state index contributed by atoms with van der Waals surface area (Å²) in [6.07, 6.45) is 4.85. The summed E-state index contributed by atoms with van der Waals surface area (Å²) in [7, 11) is 0. The summed E-state index contributed by atoms with van der Waals surface area (Å²) in [6.45, 7) is 10.0. The Morgan fingerprint density at radius 1 is 1.19 bits per heavy atom. The molecule has 6 nitrogen and oxygen atoms in total. The van der Waals surface area contributed by atoms with E-state index in [0.717, 1.165) is 43.7 Å². The van der Waals surface area contributed by atoms with Gasteiger partial charge in [-0.2, -0.15) is 0 Å². The van der Waals surface area contributed by atoms with Crippen molar-refractivity contribution < 1.29 is 4.79 Å². The molecular weight excluding hydrogens is 326 g/mol. The van der Waals surface area contributed by atoms with Crippen molar-refractivity contribution in [2.75, 3.05) is 18.4 Å². The quantitative estimate of drug-likeness (QED) is 0.905. The highest BCUT2D eigenvalue weighted by molar-refractivity contribution is 5.89. The van der Waals surface area contributed by atoms with Crippen LogP contribution in [-0.2, 0) is 11.8 Å². The number of nitrogens with one attached hydrogen (secondary N) is 1. The van der Waals surface area contributed by atoms with Gasteiger partial charge in [0.1, 0.15) is 0 Å². The van der Waals surface area contributed by atoms with E-state index in [0.29, 0.717) is 6.04 Å². The molecular formula is C20H29N5O. The Hall–Kier alpha value is -2.37. The molecule has 1 aliphatic rings. The van der Waals surface area contributed by atoms with E-state index < -0.39 is 0 Å². The number of rotatable bonds is 3. The van der Waals surface area contributed by atoms with Crippen LogP contribution in [0.3, 0.4) is 0 Å². The van der Waals surface area contributed by atoms with Gasteiger partial charge in [0.2, 0.25) is 0 Å². The van der Waals surface area contributed by atoms with E-state index in [1.165, 1.54) is 5.56 Å². The highest BCUT2D eigenvalue weighted by Crippen LogP contribution is 2.25. The van der Waals surface area contributed by atoms with Crippen molar-refractivity contribution >= 4 is 11.7 Å². The number of aromatic nitrogens is 3. The topological polar surface area (TPSA) is 63.1 Å². The van der Waals surface area contributed by atoms with Gasteiger partial charge < -0.3 is 10.2 Å². The Morgan fingerprint density at radius 2 is 1.85 bits per heavy atom. The number of aryl methyl sites for hydroxylation is 1. The van der Waals surface area contributed by atoms with Crippen LogP contribution >= 0.6 is 0 Å². The van der Waals surface area contributed by atoms with E-state index >= 15 is 0 Å². The molecule has 0 radical (unpaired) electrons. The first-order valence-corrected chi connectivity index (χ1v) is 9.44. The zero-order chi connectivity index (χ0) is 18.7. The molecule has 3 rings (SSSR count). The molecule has 1 saturated heterocycles. The summed E-state index contributed by atoms with van der Waals surface area (Å²) < 4.78 is 1.97. The molecule has 1 aromatic carbocycles. The Bertz CT molecular complexity index is 736. The second-order valence-electron chi connectivity index (χ2n) is 8.03. The van der Waals surface area contributed by atoms with Gasteiger partial charge in [-0.3, -0.25) is 0 Å². The highest BCUT2D eigenvalue weighted by Gasteiger charge is 2.26. The Kier molecular flexibility index (Phi) is 5.30.